The molecule has 0 aromatic rings. The van der Waals surface area contributed by atoms with Gasteiger partial charge in [-0.1, -0.05) is 52.0 Å². The van der Waals surface area contributed by atoms with Crippen LogP contribution in [0, 0.1) is 0 Å². The van der Waals surface area contributed by atoms with Gasteiger partial charge in [0.1, 0.15) is 5.78 Å². The third-order valence-corrected chi connectivity index (χ3v) is 2.53. The van der Waals surface area contributed by atoms with Crippen molar-refractivity contribution in [2.75, 3.05) is 0 Å². The molecular formula is C14H24O. The molecule has 0 fully saturated rings. The maximum Gasteiger partial charge on any atom is 0.137 e. The lowest BCUT2D eigenvalue weighted by atomic mass is 10.1. The monoisotopic (exact) mass is 208 g/mol. The first-order valence-electron chi connectivity index (χ1n) is 6.17. The summed E-state index contributed by atoms with van der Waals surface area (Å²) in [5.41, 5.74) is 2.63. The summed E-state index contributed by atoms with van der Waals surface area (Å²) in [5.74, 6) is 0.319. The van der Waals surface area contributed by atoms with E-state index in [0.29, 0.717) is 12.2 Å². The van der Waals surface area contributed by atoms with Crippen molar-refractivity contribution in [1.29, 1.82) is 0 Å². The van der Waals surface area contributed by atoms with E-state index in [1.165, 1.54) is 38.5 Å². The lowest BCUT2D eigenvalue weighted by molar-refractivity contribution is -0.118. The number of allylic oxidation sites excluding steroid dienone is 1. The molecule has 1 nitrogen and oxygen atoms in total. The number of carbonyl (C=O) groups is 1. The highest BCUT2D eigenvalue weighted by Gasteiger charge is 1.98. The maximum atomic E-state index is 11.2. The molecule has 86 valence electrons. The second-order valence-electron chi connectivity index (χ2n) is 4.02. The van der Waals surface area contributed by atoms with Crippen LogP contribution in [0.4, 0.5) is 0 Å². The molecule has 0 unspecified atom stereocenters. The van der Waals surface area contributed by atoms with E-state index in [1.54, 1.807) is 6.08 Å². The summed E-state index contributed by atoms with van der Waals surface area (Å²) in [6, 6.07) is 0. The first-order valence-corrected chi connectivity index (χ1v) is 6.17. The molecule has 0 aliphatic carbocycles. The fourth-order valence-corrected chi connectivity index (χ4v) is 1.57. The Morgan fingerprint density at radius 3 is 2.33 bits per heavy atom. The van der Waals surface area contributed by atoms with Gasteiger partial charge in [0.25, 0.3) is 0 Å². The van der Waals surface area contributed by atoms with E-state index in [0.717, 1.165) is 12.8 Å². The molecule has 0 radical (unpaired) electrons. The van der Waals surface area contributed by atoms with Gasteiger partial charge in [0.15, 0.2) is 0 Å². The lowest BCUT2D eigenvalue weighted by Gasteiger charge is -2.00. The van der Waals surface area contributed by atoms with Gasteiger partial charge in [-0.05, 0) is 12.5 Å². The molecule has 0 amide bonds. The molecule has 0 rings (SSSR count). The number of Topliss-reactive ketones (excluding diaryl/α,β-unsaturated/α-hetero) is 1. The summed E-state index contributed by atoms with van der Waals surface area (Å²) >= 11 is 0. The minimum atomic E-state index is 0.319. The van der Waals surface area contributed by atoms with E-state index in [-0.39, 0.29) is 0 Å². The van der Waals surface area contributed by atoms with Crippen LogP contribution in [0.1, 0.15) is 64.7 Å². The van der Waals surface area contributed by atoms with Crippen LogP contribution in [0.3, 0.4) is 0 Å². The molecule has 0 aromatic heterocycles. The van der Waals surface area contributed by atoms with Crippen molar-refractivity contribution in [3.8, 4) is 0 Å². The average Bonchev–Trinajstić information content (AvgIpc) is 2.25. The molecule has 0 saturated heterocycles. The Balaban J connectivity index is 3.16. The highest BCUT2D eigenvalue weighted by atomic mass is 16.1. The van der Waals surface area contributed by atoms with Crippen LogP contribution < -0.4 is 0 Å². The quantitative estimate of drug-likeness (QED) is 0.383. The molecule has 15 heavy (non-hydrogen) atoms. The summed E-state index contributed by atoms with van der Waals surface area (Å²) in [6.07, 6.45) is 11.8. The second-order valence-corrected chi connectivity index (χ2v) is 4.02. The largest absolute Gasteiger partial charge is 0.299 e. The summed E-state index contributed by atoms with van der Waals surface area (Å²) in [4.78, 5) is 11.2. The number of hydrogen-bond donors (Lipinski definition) is 0. The molecule has 0 saturated carbocycles. The van der Waals surface area contributed by atoms with Crippen molar-refractivity contribution in [2.24, 2.45) is 0 Å². The normalized spacial score (nSPS) is 9.67. The van der Waals surface area contributed by atoms with Crippen molar-refractivity contribution in [3.63, 3.8) is 0 Å². The van der Waals surface area contributed by atoms with Crippen LogP contribution in [-0.2, 0) is 4.79 Å². The van der Waals surface area contributed by atoms with E-state index in [9.17, 15) is 4.79 Å². The highest BCUT2D eigenvalue weighted by molar-refractivity contribution is 5.79. The minimum absolute atomic E-state index is 0.319. The van der Waals surface area contributed by atoms with E-state index >= 15 is 0 Å². The zero-order valence-corrected chi connectivity index (χ0v) is 10.1. The second kappa shape index (κ2) is 11.3. The van der Waals surface area contributed by atoms with Crippen molar-refractivity contribution < 1.29 is 4.79 Å². The Labute approximate surface area is 94.3 Å². The van der Waals surface area contributed by atoms with E-state index < -0.39 is 0 Å². The van der Waals surface area contributed by atoms with Gasteiger partial charge in [-0.3, -0.25) is 4.79 Å². The molecule has 0 aliphatic heterocycles. The van der Waals surface area contributed by atoms with Gasteiger partial charge in [-0.2, -0.15) is 0 Å². The van der Waals surface area contributed by atoms with E-state index in [1.807, 2.05) is 0 Å². The third-order valence-electron chi connectivity index (χ3n) is 2.53. The topological polar surface area (TPSA) is 17.1 Å². The summed E-state index contributed by atoms with van der Waals surface area (Å²) in [7, 11) is 0. The van der Waals surface area contributed by atoms with Gasteiger partial charge in [0.05, 0.1) is 0 Å². The molecule has 0 atom stereocenters. The number of rotatable bonds is 10. The molecule has 0 bridgehead atoms. The van der Waals surface area contributed by atoms with Crippen LogP contribution >= 0.6 is 0 Å². The molecule has 1 heteroatoms. The Bertz CT molecular complexity index is 199. The highest BCUT2D eigenvalue weighted by Crippen LogP contribution is 2.09. The molecule has 0 aliphatic rings. The Morgan fingerprint density at radius 1 is 1.13 bits per heavy atom. The predicted octanol–water partition coefficient (Wildman–Crippen LogP) is 4.43. The third kappa shape index (κ3) is 11.1. The first kappa shape index (κ1) is 14.2. The van der Waals surface area contributed by atoms with Crippen molar-refractivity contribution >= 4 is 5.78 Å². The van der Waals surface area contributed by atoms with Crippen molar-refractivity contribution in [1.82, 2.24) is 0 Å². The fraction of sp³-hybridized carbons (Fsp3) is 0.714. The summed E-state index contributed by atoms with van der Waals surface area (Å²) in [5, 5.41) is 0. The number of unbranched alkanes of at least 4 members (excludes halogenated alkanes) is 6. The Kier molecular flexibility index (Phi) is 10.7. The standard InChI is InChI=1S/C14H24O/c1-3-5-7-8-9-10-11-13-14(15)12-6-4-2/h6H,2-3,5,7-13H2,1H3. The molecular weight excluding hydrogens is 184 g/mol. The van der Waals surface area contributed by atoms with Gasteiger partial charge in [0.2, 0.25) is 0 Å². The maximum absolute atomic E-state index is 11.2. The first-order chi connectivity index (χ1) is 7.31. The average molecular weight is 208 g/mol. The predicted molar refractivity (Wildman–Crippen MR) is 65.9 cm³/mol. The molecule has 0 spiro atoms. The zero-order chi connectivity index (χ0) is 11.4. The van der Waals surface area contributed by atoms with Crippen LogP contribution in [0.15, 0.2) is 18.4 Å². The fourth-order valence-electron chi connectivity index (χ4n) is 1.57. The molecule has 0 heterocycles. The van der Waals surface area contributed by atoms with Crippen molar-refractivity contribution in [3.05, 3.63) is 18.4 Å². The molecule has 0 N–H and O–H groups in total. The number of ketones is 1. The van der Waals surface area contributed by atoms with E-state index in [4.69, 9.17) is 0 Å². The summed E-state index contributed by atoms with van der Waals surface area (Å²) in [6.45, 7) is 5.67. The van der Waals surface area contributed by atoms with Gasteiger partial charge in [-0.15, -0.1) is 5.73 Å². The van der Waals surface area contributed by atoms with Crippen LogP contribution in [0.2, 0.25) is 0 Å². The van der Waals surface area contributed by atoms with E-state index in [2.05, 4.69) is 19.2 Å². The molecule has 0 aromatic carbocycles. The van der Waals surface area contributed by atoms with Crippen LogP contribution in [-0.4, -0.2) is 5.78 Å². The minimum Gasteiger partial charge on any atom is -0.299 e. The van der Waals surface area contributed by atoms with Gasteiger partial charge >= 0.3 is 0 Å². The Hall–Kier alpha value is -0.810. The van der Waals surface area contributed by atoms with Gasteiger partial charge < -0.3 is 0 Å². The number of carbonyl (C=O) groups excluding carboxylic acids is 1. The lowest BCUT2D eigenvalue weighted by Crippen LogP contribution is -1.94. The number of hydrogen-bond acceptors (Lipinski definition) is 1. The van der Waals surface area contributed by atoms with Crippen molar-refractivity contribution in [2.45, 2.75) is 64.7 Å². The zero-order valence-electron chi connectivity index (χ0n) is 10.1. The SMILES string of the molecule is C=C=CCC(=O)CCCCCCCCC. The summed E-state index contributed by atoms with van der Waals surface area (Å²) < 4.78 is 0. The van der Waals surface area contributed by atoms with Crippen LogP contribution in [0.5, 0.6) is 0 Å². The van der Waals surface area contributed by atoms with Gasteiger partial charge in [0, 0.05) is 12.8 Å². The smallest absolute Gasteiger partial charge is 0.137 e. The Morgan fingerprint density at radius 2 is 1.73 bits per heavy atom. The van der Waals surface area contributed by atoms with Crippen LogP contribution in [0.25, 0.3) is 0 Å². The van der Waals surface area contributed by atoms with Gasteiger partial charge in [-0.25, -0.2) is 0 Å².